The molecule has 1 aliphatic heterocycles. The number of anilines is 3. The van der Waals surface area contributed by atoms with Crippen molar-refractivity contribution >= 4 is 50.3 Å². The first kappa shape index (κ1) is 24.6. The highest BCUT2D eigenvalue weighted by Gasteiger charge is 2.26. The van der Waals surface area contributed by atoms with Gasteiger partial charge in [-0.3, -0.25) is 4.90 Å². The van der Waals surface area contributed by atoms with Crippen LogP contribution in [0.1, 0.15) is 28.8 Å². The number of aromatic nitrogens is 2. The van der Waals surface area contributed by atoms with Crippen molar-refractivity contribution in [2.75, 3.05) is 42.9 Å². The molecule has 2 aliphatic rings. The number of thiophene rings is 1. The van der Waals surface area contributed by atoms with Crippen molar-refractivity contribution in [2.24, 2.45) is 5.92 Å². The van der Waals surface area contributed by atoms with Crippen LogP contribution in [0.4, 0.5) is 21.6 Å². The summed E-state index contributed by atoms with van der Waals surface area (Å²) in [7, 11) is 0. The summed E-state index contributed by atoms with van der Waals surface area (Å²) in [5.41, 5.74) is 4.78. The number of halogens is 2. The highest BCUT2D eigenvalue weighted by Crippen LogP contribution is 2.41. The fourth-order valence-corrected chi connectivity index (χ4v) is 7.13. The van der Waals surface area contributed by atoms with Crippen LogP contribution in [0, 0.1) is 18.7 Å². The van der Waals surface area contributed by atoms with Crippen LogP contribution in [-0.2, 0) is 12.8 Å². The zero-order valence-corrected chi connectivity index (χ0v) is 22.6. The zero-order valence-electron chi connectivity index (χ0n) is 21.0. The number of rotatable bonds is 6. The smallest absolute Gasteiger partial charge is 0.142 e. The third-order valence-electron chi connectivity index (χ3n) is 7.72. The second-order valence-corrected chi connectivity index (χ2v) is 11.7. The van der Waals surface area contributed by atoms with E-state index in [1.165, 1.54) is 47.1 Å². The number of piperazine rings is 1. The minimum absolute atomic E-state index is 0.0991. The Hall–Kier alpha value is -2.74. The quantitative estimate of drug-likeness (QED) is 0.292. The lowest BCUT2D eigenvalue weighted by Gasteiger charge is -2.37. The molecule has 1 unspecified atom stereocenters. The number of aryl methyl sites for hydroxylation is 2. The molecule has 192 valence electrons. The summed E-state index contributed by atoms with van der Waals surface area (Å²) in [5, 5.41) is 4.55. The predicted octanol–water partition coefficient (Wildman–Crippen LogP) is 6.85. The van der Waals surface area contributed by atoms with Crippen molar-refractivity contribution in [3.8, 4) is 0 Å². The van der Waals surface area contributed by atoms with Gasteiger partial charge >= 0.3 is 0 Å². The van der Waals surface area contributed by atoms with Gasteiger partial charge in [-0.15, -0.1) is 11.3 Å². The van der Waals surface area contributed by atoms with Gasteiger partial charge in [0.05, 0.1) is 10.4 Å². The van der Waals surface area contributed by atoms with Gasteiger partial charge in [0.2, 0.25) is 0 Å². The molecule has 4 aromatic rings. The van der Waals surface area contributed by atoms with E-state index in [1.807, 2.05) is 0 Å². The topological polar surface area (TPSA) is 44.3 Å². The Morgan fingerprint density at radius 1 is 1.11 bits per heavy atom. The van der Waals surface area contributed by atoms with E-state index < -0.39 is 5.82 Å². The van der Waals surface area contributed by atoms with Gasteiger partial charge in [0, 0.05) is 42.4 Å². The summed E-state index contributed by atoms with van der Waals surface area (Å²) in [6.45, 7) is 7.80. The molecule has 1 atom stereocenters. The molecule has 5 nitrogen and oxygen atoms in total. The normalized spacial score (nSPS) is 18.2. The zero-order chi connectivity index (χ0) is 25.4. The van der Waals surface area contributed by atoms with Gasteiger partial charge in [-0.25, -0.2) is 14.4 Å². The van der Waals surface area contributed by atoms with E-state index >= 15 is 0 Å². The Labute approximate surface area is 226 Å². The number of benzene rings is 2. The van der Waals surface area contributed by atoms with E-state index in [0.29, 0.717) is 5.92 Å². The van der Waals surface area contributed by atoms with Crippen molar-refractivity contribution < 1.29 is 4.39 Å². The Bertz CT molecular complexity index is 1410. The molecular formula is C29H31ClFN5S. The van der Waals surface area contributed by atoms with E-state index in [4.69, 9.17) is 11.6 Å². The summed E-state index contributed by atoms with van der Waals surface area (Å²) in [4.78, 5) is 16.7. The average Bonchev–Trinajstić information content (AvgIpc) is 3.29. The minimum atomic E-state index is -0.424. The molecule has 2 aromatic carbocycles. The number of nitrogens with one attached hydrogen (secondary N) is 1. The van der Waals surface area contributed by atoms with Crippen molar-refractivity contribution in [3.63, 3.8) is 0 Å². The van der Waals surface area contributed by atoms with Crippen LogP contribution in [0.3, 0.4) is 0 Å². The summed E-state index contributed by atoms with van der Waals surface area (Å²) in [5.74, 6) is 1.05. The van der Waals surface area contributed by atoms with Crippen LogP contribution in [0.2, 0.25) is 5.02 Å². The molecule has 1 N–H and O–H groups in total. The summed E-state index contributed by atoms with van der Waals surface area (Å²) >= 11 is 7.78. The molecular weight excluding hydrogens is 505 g/mol. The van der Waals surface area contributed by atoms with Gasteiger partial charge < -0.3 is 10.2 Å². The Morgan fingerprint density at radius 2 is 1.97 bits per heavy atom. The number of hydrogen-bond acceptors (Lipinski definition) is 6. The first-order chi connectivity index (χ1) is 18.0. The van der Waals surface area contributed by atoms with Crippen LogP contribution in [-0.4, -0.2) is 47.6 Å². The molecule has 0 bridgehead atoms. The van der Waals surface area contributed by atoms with Crippen LogP contribution >= 0.6 is 22.9 Å². The fourth-order valence-electron chi connectivity index (χ4n) is 5.65. The van der Waals surface area contributed by atoms with Gasteiger partial charge in [0.25, 0.3) is 0 Å². The highest BCUT2D eigenvalue weighted by molar-refractivity contribution is 7.19. The molecule has 6 rings (SSSR count). The highest BCUT2D eigenvalue weighted by atomic mass is 35.5. The summed E-state index contributed by atoms with van der Waals surface area (Å²) in [6, 6.07) is 13.5. The summed E-state index contributed by atoms with van der Waals surface area (Å²) < 4.78 is 13.6. The number of fused-ring (bicyclic) bond motifs is 3. The Morgan fingerprint density at radius 3 is 2.78 bits per heavy atom. The first-order valence-electron chi connectivity index (χ1n) is 13.0. The van der Waals surface area contributed by atoms with Crippen LogP contribution < -0.4 is 10.2 Å². The molecule has 0 saturated carbocycles. The Kier molecular flexibility index (Phi) is 7.02. The van der Waals surface area contributed by atoms with Crippen molar-refractivity contribution in [1.82, 2.24) is 14.9 Å². The lowest BCUT2D eigenvalue weighted by atomic mass is 9.85. The Balaban J connectivity index is 1.08. The van der Waals surface area contributed by atoms with Crippen LogP contribution in [0.15, 0.2) is 48.8 Å². The fraction of sp³-hybridized carbons (Fsp3) is 0.379. The molecule has 8 heteroatoms. The lowest BCUT2D eigenvalue weighted by molar-refractivity contribution is 0.233. The van der Waals surface area contributed by atoms with Crippen molar-refractivity contribution in [2.45, 2.75) is 32.6 Å². The summed E-state index contributed by atoms with van der Waals surface area (Å²) in [6.07, 6.45) is 6.20. The molecule has 0 radical (unpaired) electrons. The maximum atomic E-state index is 13.6. The van der Waals surface area contributed by atoms with Crippen LogP contribution in [0.5, 0.6) is 0 Å². The van der Waals surface area contributed by atoms with Gasteiger partial charge in [-0.05, 0) is 86.5 Å². The van der Waals surface area contributed by atoms with E-state index in [-0.39, 0.29) is 5.02 Å². The average molecular weight is 536 g/mol. The van der Waals surface area contributed by atoms with Crippen molar-refractivity contribution in [3.05, 3.63) is 75.6 Å². The molecule has 1 saturated heterocycles. The third kappa shape index (κ3) is 5.31. The SMILES string of the molecule is Cc1cccc(N2CCN(CCC3CCc4c(sc5ncnc(Nc6ccc(F)c(Cl)c6)c45)C3)CC2)c1. The molecule has 0 amide bonds. The molecule has 1 fully saturated rings. The monoisotopic (exact) mass is 535 g/mol. The molecule has 3 heterocycles. The van der Waals surface area contributed by atoms with Gasteiger partial charge in [-0.2, -0.15) is 0 Å². The van der Waals surface area contributed by atoms with Gasteiger partial charge in [-0.1, -0.05) is 23.7 Å². The largest absolute Gasteiger partial charge is 0.369 e. The number of nitrogens with zero attached hydrogens (tertiary/aromatic N) is 4. The van der Waals surface area contributed by atoms with E-state index in [1.54, 1.807) is 29.8 Å². The molecule has 37 heavy (non-hydrogen) atoms. The maximum Gasteiger partial charge on any atom is 0.142 e. The predicted molar refractivity (Wildman–Crippen MR) is 152 cm³/mol. The standard InChI is InChI=1S/C29H31ClFN5S/c1-19-3-2-4-22(15-19)36-13-11-35(12-14-36)10-9-20-5-7-23-26(16-20)37-29-27(23)28(32-18-33-29)34-21-6-8-25(31)24(30)17-21/h2-4,6,8,15,17-18,20H,5,7,9-14,16H2,1H3,(H,32,33,34). The van der Waals surface area contributed by atoms with E-state index in [0.717, 1.165) is 60.7 Å². The van der Waals surface area contributed by atoms with Crippen LogP contribution in [0.25, 0.3) is 10.2 Å². The van der Waals surface area contributed by atoms with Crippen molar-refractivity contribution in [1.29, 1.82) is 0 Å². The molecule has 2 aromatic heterocycles. The third-order valence-corrected chi connectivity index (χ3v) is 9.17. The molecule has 1 aliphatic carbocycles. The number of hydrogen-bond donors (Lipinski definition) is 1. The maximum absolute atomic E-state index is 13.6. The van der Waals surface area contributed by atoms with Gasteiger partial charge in [0.15, 0.2) is 0 Å². The second kappa shape index (κ2) is 10.6. The molecule has 0 spiro atoms. The lowest BCUT2D eigenvalue weighted by Crippen LogP contribution is -2.47. The van der Waals surface area contributed by atoms with E-state index in [9.17, 15) is 4.39 Å². The minimum Gasteiger partial charge on any atom is -0.369 e. The van der Waals surface area contributed by atoms with E-state index in [2.05, 4.69) is 56.3 Å². The first-order valence-corrected chi connectivity index (χ1v) is 14.2. The second-order valence-electron chi connectivity index (χ2n) is 10.2. The van der Waals surface area contributed by atoms with Gasteiger partial charge in [0.1, 0.15) is 22.8 Å².